The Balaban J connectivity index is 1.37. The zero-order chi connectivity index (χ0) is 17.7. The molecule has 0 saturated carbocycles. The second-order valence-electron chi connectivity index (χ2n) is 6.88. The molecule has 0 spiro atoms. The Labute approximate surface area is 154 Å². The topological polar surface area (TPSA) is 38.3 Å². The average Bonchev–Trinajstić information content (AvgIpc) is 2.84. The van der Waals surface area contributed by atoms with Crippen molar-refractivity contribution in [2.45, 2.75) is 37.9 Å². The summed E-state index contributed by atoms with van der Waals surface area (Å²) < 4.78 is 5.88. The van der Waals surface area contributed by atoms with E-state index in [0.29, 0.717) is 6.61 Å². The Bertz CT molecular complexity index is 728. The van der Waals surface area contributed by atoms with Crippen molar-refractivity contribution in [3.63, 3.8) is 0 Å². The van der Waals surface area contributed by atoms with Gasteiger partial charge < -0.3 is 10.1 Å². The summed E-state index contributed by atoms with van der Waals surface area (Å²) >= 11 is 1.97. The summed E-state index contributed by atoms with van der Waals surface area (Å²) in [7, 11) is 0. The molecule has 2 aromatic rings. The number of rotatable bonds is 8. The Morgan fingerprint density at radius 1 is 1.08 bits per heavy atom. The fourth-order valence-corrected chi connectivity index (χ4v) is 3.88. The van der Waals surface area contributed by atoms with Gasteiger partial charge in [-0.2, -0.15) is 11.8 Å². The molecule has 1 aliphatic rings. The van der Waals surface area contributed by atoms with Gasteiger partial charge in [-0.1, -0.05) is 30.3 Å². The average molecular weight is 356 g/mol. The van der Waals surface area contributed by atoms with Gasteiger partial charge in [0.05, 0.1) is 12.0 Å². The van der Waals surface area contributed by atoms with Gasteiger partial charge in [0.1, 0.15) is 5.75 Å². The molecule has 0 aromatic heterocycles. The molecule has 25 heavy (non-hydrogen) atoms. The molecule has 3 rings (SSSR count). The van der Waals surface area contributed by atoms with E-state index in [-0.39, 0.29) is 5.91 Å². The third-order valence-electron chi connectivity index (χ3n) is 4.54. The van der Waals surface area contributed by atoms with Crippen molar-refractivity contribution >= 4 is 23.4 Å². The molecule has 1 amide bonds. The molecule has 0 aliphatic carbocycles. The van der Waals surface area contributed by atoms with Crippen molar-refractivity contribution in [2.24, 2.45) is 0 Å². The van der Waals surface area contributed by atoms with Gasteiger partial charge in [0, 0.05) is 11.4 Å². The van der Waals surface area contributed by atoms with Crippen LogP contribution in [0.1, 0.15) is 37.8 Å². The lowest BCUT2D eigenvalue weighted by Gasteiger charge is -2.16. The van der Waals surface area contributed by atoms with E-state index < -0.39 is 5.41 Å². The predicted molar refractivity (Wildman–Crippen MR) is 105 cm³/mol. The number of nitrogens with one attached hydrogen (secondary N) is 1. The summed E-state index contributed by atoms with van der Waals surface area (Å²) in [5.74, 6) is 3.12. The van der Waals surface area contributed by atoms with Crippen LogP contribution in [0.3, 0.4) is 0 Å². The number of thioether (sulfide) groups is 1. The lowest BCUT2D eigenvalue weighted by Crippen LogP contribution is -2.26. The van der Waals surface area contributed by atoms with Gasteiger partial charge in [-0.05, 0) is 61.8 Å². The van der Waals surface area contributed by atoms with Crippen LogP contribution in [0.25, 0.3) is 0 Å². The van der Waals surface area contributed by atoms with E-state index in [2.05, 4.69) is 35.6 Å². The highest BCUT2D eigenvalue weighted by atomic mass is 32.2. The van der Waals surface area contributed by atoms with Gasteiger partial charge in [-0.25, -0.2) is 0 Å². The summed E-state index contributed by atoms with van der Waals surface area (Å²) in [6.07, 6.45) is 2.19. The molecule has 0 unspecified atom stereocenters. The monoisotopic (exact) mass is 355 g/mol. The minimum atomic E-state index is -0.483. The highest BCUT2D eigenvalue weighted by Crippen LogP contribution is 2.39. The highest BCUT2D eigenvalue weighted by Gasteiger charge is 2.38. The molecular formula is C21H25NO2S. The molecule has 0 fully saturated rings. The Morgan fingerprint density at radius 3 is 2.68 bits per heavy atom. The second kappa shape index (κ2) is 7.96. The van der Waals surface area contributed by atoms with Crippen molar-refractivity contribution < 1.29 is 9.53 Å². The van der Waals surface area contributed by atoms with Crippen molar-refractivity contribution in [1.29, 1.82) is 0 Å². The van der Waals surface area contributed by atoms with E-state index >= 15 is 0 Å². The molecule has 0 saturated heterocycles. The number of hydrogen-bond donors (Lipinski definition) is 1. The fraction of sp³-hybridized carbons (Fsp3) is 0.381. The SMILES string of the molecule is CC1(C)C(=O)Nc2ccc(OCCCCSCc3ccccc3)cc21. The van der Waals surface area contributed by atoms with Gasteiger partial charge in [0.2, 0.25) is 5.91 Å². The lowest BCUT2D eigenvalue weighted by molar-refractivity contribution is -0.119. The number of benzene rings is 2. The molecule has 0 bridgehead atoms. The first-order chi connectivity index (χ1) is 12.1. The second-order valence-corrected chi connectivity index (χ2v) is 7.99. The van der Waals surface area contributed by atoms with Crippen LogP contribution in [0.4, 0.5) is 5.69 Å². The van der Waals surface area contributed by atoms with Crippen LogP contribution in [0.15, 0.2) is 48.5 Å². The number of amides is 1. The molecular weight excluding hydrogens is 330 g/mol. The van der Waals surface area contributed by atoms with E-state index in [1.54, 1.807) is 0 Å². The summed E-state index contributed by atoms with van der Waals surface area (Å²) in [5, 5.41) is 2.92. The highest BCUT2D eigenvalue weighted by molar-refractivity contribution is 7.98. The third-order valence-corrected chi connectivity index (χ3v) is 5.66. The number of fused-ring (bicyclic) bond motifs is 1. The van der Waals surface area contributed by atoms with Crippen molar-refractivity contribution in [1.82, 2.24) is 0 Å². The van der Waals surface area contributed by atoms with Crippen LogP contribution in [0.2, 0.25) is 0 Å². The van der Waals surface area contributed by atoms with E-state index in [1.165, 1.54) is 5.56 Å². The smallest absolute Gasteiger partial charge is 0.234 e. The van der Waals surface area contributed by atoms with Crippen LogP contribution < -0.4 is 10.1 Å². The molecule has 1 heterocycles. The van der Waals surface area contributed by atoms with Crippen molar-refractivity contribution in [2.75, 3.05) is 17.7 Å². The van der Waals surface area contributed by atoms with Gasteiger partial charge in [0.25, 0.3) is 0 Å². The fourth-order valence-electron chi connectivity index (χ4n) is 2.90. The van der Waals surface area contributed by atoms with Gasteiger partial charge in [0.15, 0.2) is 0 Å². The molecule has 3 nitrogen and oxygen atoms in total. The Hall–Kier alpha value is -1.94. The number of anilines is 1. The van der Waals surface area contributed by atoms with E-state index in [9.17, 15) is 4.79 Å². The minimum Gasteiger partial charge on any atom is -0.494 e. The standard InChI is InChI=1S/C21H25NO2S/c1-21(2)18-14-17(10-11-19(18)22-20(21)23)24-12-6-7-13-25-15-16-8-4-3-5-9-16/h3-5,8-11,14H,6-7,12-13,15H2,1-2H3,(H,22,23). The quantitative estimate of drug-likeness (QED) is 0.677. The largest absolute Gasteiger partial charge is 0.494 e. The molecule has 1 N–H and O–H groups in total. The zero-order valence-corrected chi connectivity index (χ0v) is 15.7. The Morgan fingerprint density at radius 2 is 1.88 bits per heavy atom. The zero-order valence-electron chi connectivity index (χ0n) is 14.9. The number of hydrogen-bond acceptors (Lipinski definition) is 3. The Kier molecular flexibility index (Phi) is 5.69. The first-order valence-electron chi connectivity index (χ1n) is 8.78. The maximum absolute atomic E-state index is 12.0. The van der Waals surface area contributed by atoms with Crippen LogP contribution in [0, 0.1) is 0 Å². The van der Waals surface area contributed by atoms with Gasteiger partial charge >= 0.3 is 0 Å². The summed E-state index contributed by atoms with van der Waals surface area (Å²) in [6.45, 7) is 4.61. The number of carbonyl (C=O) groups is 1. The molecule has 0 atom stereocenters. The van der Waals surface area contributed by atoms with E-state index in [4.69, 9.17) is 4.74 Å². The first-order valence-corrected chi connectivity index (χ1v) is 9.93. The van der Waals surface area contributed by atoms with Crippen LogP contribution in [-0.2, 0) is 16.0 Å². The molecule has 4 heteroatoms. The van der Waals surface area contributed by atoms with Gasteiger partial charge in [-0.3, -0.25) is 4.79 Å². The van der Waals surface area contributed by atoms with E-state index in [0.717, 1.165) is 41.3 Å². The predicted octanol–water partition coefficient (Wildman–Crippen LogP) is 5.01. The summed E-state index contributed by atoms with van der Waals surface area (Å²) in [5.41, 5.74) is 2.82. The van der Waals surface area contributed by atoms with Gasteiger partial charge in [-0.15, -0.1) is 0 Å². The van der Waals surface area contributed by atoms with Crippen molar-refractivity contribution in [3.8, 4) is 5.75 Å². The first kappa shape index (κ1) is 17.9. The normalized spacial score (nSPS) is 14.9. The number of ether oxygens (including phenoxy) is 1. The molecule has 0 radical (unpaired) electrons. The molecule has 1 aliphatic heterocycles. The third kappa shape index (κ3) is 4.37. The van der Waals surface area contributed by atoms with Crippen LogP contribution in [0.5, 0.6) is 5.75 Å². The summed E-state index contributed by atoms with van der Waals surface area (Å²) in [6, 6.07) is 16.4. The maximum atomic E-state index is 12.0. The maximum Gasteiger partial charge on any atom is 0.234 e. The lowest BCUT2D eigenvalue weighted by atomic mass is 9.86. The number of unbranched alkanes of at least 4 members (excludes halogenated alkanes) is 1. The van der Waals surface area contributed by atoms with Crippen LogP contribution in [-0.4, -0.2) is 18.3 Å². The molecule has 2 aromatic carbocycles. The summed E-state index contributed by atoms with van der Waals surface area (Å²) in [4.78, 5) is 12.0. The molecule has 132 valence electrons. The minimum absolute atomic E-state index is 0.0510. The van der Waals surface area contributed by atoms with Crippen molar-refractivity contribution in [3.05, 3.63) is 59.7 Å². The van der Waals surface area contributed by atoms with Crippen LogP contribution >= 0.6 is 11.8 Å². The number of carbonyl (C=O) groups excluding carboxylic acids is 1. The van der Waals surface area contributed by atoms with E-state index in [1.807, 2.05) is 43.8 Å².